The van der Waals surface area contributed by atoms with Crippen LogP contribution in [0.25, 0.3) is 0 Å². The van der Waals surface area contributed by atoms with Crippen LogP contribution in [0, 0.1) is 0 Å². The fourth-order valence-corrected chi connectivity index (χ4v) is 10.0. The van der Waals surface area contributed by atoms with Gasteiger partial charge in [-0.1, -0.05) is 288 Å². The number of hydrogen-bond acceptors (Lipinski definition) is 8. The Labute approximate surface area is 444 Å². The Kier molecular flexibility index (Phi) is 50.2. The monoisotopic (exact) mass is 1020 g/mol. The second-order valence-electron chi connectivity index (χ2n) is 21.8. The van der Waals surface area contributed by atoms with E-state index >= 15 is 0 Å². The van der Waals surface area contributed by atoms with Gasteiger partial charge in [-0.05, 0) is 44.9 Å². The molecule has 7 unspecified atom stereocenters. The first-order valence-corrected chi connectivity index (χ1v) is 31.2. The first-order chi connectivity index (χ1) is 35.3. The third-order valence-electron chi connectivity index (χ3n) is 14.9. The summed E-state index contributed by atoms with van der Waals surface area (Å²) in [6, 6.07) is -0.827. The zero-order valence-electron chi connectivity index (χ0n) is 47.2. The third-order valence-corrected chi connectivity index (χ3v) is 14.9. The number of carbonyl (C=O) groups excluding carboxylic acids is 1. The molecule has 0 aromatic heterocycles. The van der Waals surface area contributed by atoms with Gasteiger partial charge in [-0.15, -0.1) is 0 Å². The van der Waals surface area contributed by atoms with Gasteiger partial charge in [0.1, 0.15) is 24.4 Å². The minimum Gasteiger partial charge on any atom is -0.394 e. The van der Waals surface area contributed by atoms with E-state index in [1.54, 1.807) is 6.08 Å². The van der Waals surface area contributed by atoms with Crippen molar-refractivity contribution < 1.29 is 39.8 Å². The fraction of sp³-hybridized carbons (Fsp3) is 0.889. The molecular weight excluding hydrogens is 899 g/mol. The second kappa shape index (κ2) is 52.8. The van der Waals surface area contributed by atoms with Crippen molar-refractivity contribution in [3.8, 4) is 0 Å². The van der Waals surface area contributed by atoms with Gasteiger partial charge in [-0.25, -0.2) is 0 Å². The van der Waals surface area contributed by atoms with Crippen molar-refractivity contribution in [3.05, 3.63) is 36.5 Å². The molecule has 0 aliphatic carbocycles. The van der Waals surface area contributed by atoms with Gasteiger partial charge in [-0.3, -0.25) is 4.79 Å². The maximum absolute atomic E-state index is 13.1. The molecule has 1 rings (SSSR count). The van der Waals surface area contributed by atoms with E-state index < -0.39 is 49.5 Å². The molecule has 9 heteroatoms. The quantitative estimate of drug-likeness (QED) is 0.0261. The predicted octanol–water partition coefficient (Wildman–Crippen LogP) is 15.9. The molecular formula is C63H119NO8. The lowest BCUT2D eigenvalue weighted by Crippen LogP contribution is -2.60. The molecule has 0 aromatic carbocycles. The third kappa shape index (κ3) is 41.6. The number of aliphatic hydroxyl groups excluding tert-OH is 5. The van der Waals surface area contributed by atoms with Crippen LogP contribution in [0.2, 0.25) is 0 Å². The van der Waals surface area contributed by atoms with Crippen molar-refractivity contribution >= 4 is 5.91 Å². The zero-order valence-corrected chi connectivity index (χ0v) is 47.2. The normalized spacial score (nSPS) is 19.3. The molecule has 0 radical (unpaired) electrons. The van der Waals surface area contributed by atoms with E-state index in [1.807, 2.05) is 6.08 Å². The second-order valence-corrected chi connectivity index (χ2v) is 21.8. The summed E-state index contributed by atoms with van der Waals surface area (Å²) in [7, 11) is 0. The van der Waals surface area contributed by atoms with E-state index in [9.17, 15) is 30.3 Å². The van der Waals surface area contributed by atoms with Gasteiger partial charge >= 0.3 is 0 Å². The average Bonchev–Trinajstić information content (AvgIpc) is 3.38. The number of allylic oxidation sites excluding steroid dienone is 5. The van der Waals surface area contributed by atoms with Crippen LogP contribution in [-0.4, -0.2) is 87.5 Å². The number of unbranched alkanes of at least 4 members (excludes halogenated alkanes) is 40. The van der Waals surface area contributed by atoms with Gasteiger partial charge in [0.15, 0.2) is 6.29 Å². The molecule has 0 aromatic rings. The highest BCUT2D eigenvalue weighted by Crippen LogP contribution is 2.23. The lowest BCUT2D eigenvalue weighted by Gasteiger charge is -2.40. The molecule has 1 aliphatic rings. The minimum atomic E-state index is -1.57. The largest absolute Gasteiger partial charge is 0.394 e. The van der Waals surface area contributed by atoms with E-state index in [4.69, 9.17) is 9.47 Å². The molecule has 0 spiro atoms. The smallest absolute Gasteiger partial charge is 0.220 e. The maximum atomic E-state index is 13.1. The first kappa shape index (κ1) is 68.4. The van der Waals surface area contributed by atoms with E-state index in [0.29, 0.717) is 6.42 Å². The number of amides is 1. The summed E-state index contributed by atoms with van der Waals surface area (Å²) >= 11 is 0. The lowest BCUT2D eigenvalue weighted by molar-refractivity contribution is -0.302. The average molecular weight is 1020 g/mol. The van der Waals surface area contributed by atoms with Crippen LogP contribution in [0.3, 0.4) is 0 Å². The van der Waals surface area contributed by atoms with E-state index in [-0.39, 0.29) is 12.5 Å². The SMILES string of the molecule is CCCCCCCCCCCCCCC/C=C/CC/C=C/CC/C=C/C(O)C(COC1OC(CO)C(O)C(O)C1O)NC(=O)CCCCCCCCCCCCCCCCCCCCCCCCCCCC. The van der Waals surface area contributed by atoms with E-state index in [1.165, 1.54) is 238 Å². The highest BCUT2D eigenvalue weighted by Gasteiger charge is 2.44. The molecule has 7 atom stereocenters. The first-order valence-electron chi connectivity index (χ1n) is 31.2. The Morgan fingerprint density at radius 3 is 1.17 bits per heavy atom. The molecule has 1 saturated heterocycles. The molecule has 6 N–H and O–H groups in total. The number of carbonyl (C=O) groups is 1. The van der Waals surface area contributed by atoms with Crippen LogP contribution in [0.4, 0.5) is 0 Å². The van der Waals surface area contributed by atoms with E-state index in [2.05, 4.69) is 43.5 Å². The summed E-state index contributed by atoms with van der Waals surface area (Å²) < 4.78 is 11.3. The summed E-state index contributed by atoms with van der Waals surface area (Å²) in [5, 5.41) is 54.6. The van der Waals surface area contributed by atoms with Crippen LogP contribution in [0.15, 0.2) is 36.5 Å². The number of hydrogen-bond donors (Lipinski definition) is 6. The van der Waals surface area contributed by atoms with Crippen molar-refractivity contribution in [1.29, 1.82) is 0 Å². The predicted molar refractivity (Wildman–Crippen MR) is 304 cm³/mol. The Balaban J connectivity index is 2.21. The number of nitrogens with one attached hydrogen (secondary N) is 1. The van der Waals surface area contributed by atoms with Crippen molar-refractivity contribution in [3.63, 3.8) is 0 Å². The summed E-state index contributed by atoms with van der Waals surface area (Å²) in [5.41, 5.74) is 0. The van der Waals surface area contributed by atoms with Crippen LogP contribution in [0.5, 0.6) is 0 Å². The molecule has 0 bridgehead atoms. The Hall–Kier alpha value is -1.59. The molecule has 1 aliphatic heterocycles. The van der Waals surface area contributed by atoms with Gasteiger partial charge in [0.25, 0.3) is 0 Å². The zero-order chi connectivity index (χ0) is 52.2. The van der Waals surface area contributed by atoms with Gasteiger partial charge < -0.3 is 40.3 Å². The Morgan fingerprint density at radius 2 is 0.792 bits per heavy atom. The summed E-state index contributed by atoms with van der Waals surface area (Å²) in [4.78, 5) is 13.1. The highest BCUT2D eigenvalue weighted by atomic mass is 16.7. The van der Waals surface area contributed by atoms with Crippen molar-refractivity contribution in [2.24, 2.45) is 0 Å². The van der Waals surface area contributed by atoms with Gasteiger partial charge in [-0.2, -0.15) is 0 Å². The topological polar surface area (TPSA) is 149 Å². The molecule has 424 valence electrons. The van der Waals surface area contributed by atoms with Crippen molar-refractivity contribution in [1.82, 2.24) is 5.32 Å². The fourth-order valence-electron chi connectivity index (χ4n) is 10.0. The maximum Gasteiger partial charge on any atom is 0.220 e. The molecule has 0 saturated carbocycles. The molecule has 1 fully saturated rings. The molecule has 1 heterocycles. The lowest BCUT2D eigenvalue weighted by atomic mass is 9.99. The van der Waals surface area contributed by atoms with Gasteiger partial charge in [0.05, 0.1) is 25.4 Å². The van der Waals surface area contributed by atoms with Crippen LogP contribution in [-0.2, 0) is 14.3 Å². The highest BCUT2D eigenvalue weighted by molar-refractivity contribution is 5.76. The van der Waals surface area contributed by atoms with Gasteiger partial charge in [0.2, 0.25) is 5.91 Å². The minimum absolute atomic E-state index is 0.185. The number of rotatable bonds is 54. The number of aliphatic hydroxyl groups is 5. The Bertz CT molecular complexity index is 1230. The summed E-state index contributed by atoms with van der Waals surface area (Å²) in [5.74, 6) is -0.185. The summed E-state index contributed by atoms with van der Waals surface area (Å²) in [6.07, 6.45) is 62.3. The van der Waals surface area contributed by atoms with Crippen LogP contribution in [0.1, 0.15) is 303 Å². The molecule has 1 amide bonds. The number of ether oxygens (including phenoxy) is 2. The van der Waals surface area contributed by atoms with E-state index in [0.717, 1.165) is 44.9 Å². The molecule has 9 nitrogen and oxygen atoms in total. The van der Waals surface area contributed by atoms with Crippen LogP contribution < -0.4 is 5.32 Å². The molecule has 72 heavy (non-hydrogen) atoms. The van der Waals surface area contributed by atoms with Gasteiger partial charge in [0, 0.05) is 6.42 Å². The van der Waals surface area contributed by atoms with Crippen molar-refractivity contribution in [2.45, 2.75) is 346 Å². The Morgan fingerprint density at radius 1 is 0.458 bits per heavy atom. The standard InChI is InChI=1S/C63H119NO8/c1-3-5-7-9-11-13-15-17-19-21-23-25-27-28-29-31-33-35-37-39-41-43-45-47-49-51-53-59(67)64-56(55-71-63-62(70)61(69)60(68)58(54-65)72-63)57(66)52-50-48-46-44-42-40-38-36-34-32-30-26-24-22-20-18-16-14-12-10-8-6-4-2/h34,36,42,44,50,52,56-58,60-63,65-66,68-70H,3-33,35,37-41,43,45-49,51,53-55H2,1-2H3,(H,64,67)/b36-34+,44-42+,52-50+. The van der Waals surface area contributed by atoms with Crippen molar-refractivity contribution in [2.75, 3.05) is 13.2 Å². The van der Waals surface area contributed by atoms with Crippen LogP contribution >= 0.6 is 0 Å². The summed E-state index contributed by atoms with van der Waals surface area (Å²) in [6.45, 7) is 3.80.